The number of hydrogen-bond acceptors (Lipinski definition) is 2. The van der Waals surface area contributed by atoms with E-state index in [1.165, 1.54) is 0 Å². The molecular formula is C13H15ClN2O. The molecule has 0 aliphatic carbocycles. The van der Waals surface area contributed by atoms with E-state index in [-0.39, 0.29) is 6.04 Å². The molecule has 3 N–H and O–H groups in total. The predicted octanol–water partition coefficient (Wildman–Crippen LogP) is 2.61. The lowest BCUT2D eigenvalue weighted by Gasteiger charge is -2.18. The van der Waals surface area contributed by atoms with Gasteiger partial charge in [0.1, 0.15) is 0 Å². The monoisotopic (exact) mass is 250 g/mol. The van der Waals surface area contributed by atoms with E-state index in [0.29, 0.717) is 5.02 Å². The Morgan fingerprint density at radius 1 is 1.41 bits per heavy atom. The molecule has 1 aromatic heterocycles. The van der Waals surface area contributed by atoms with E-state index in [1.54, 1.807) is 0 Å². The Balaban J connectivity index is 2.04. The molecule has 0 bridgehead atoms. The lowest BCUT2D eigenvalue weighted by molar-refractivity contribution is 0.139. The van der Waals surface area contributed by atoms with E-state index in [4.69, 9.17) is 11.6 Å². The van der Waals surface area contributed by atoms with Crippen molar-refractivity contribution < 1.29 is 5.11 Å². The van der Waals surface area contributed by atoms with E-state index in [9.17, 15) is 5.11 Å². The van der Waals surface area contributed by atoms with Gasteiger partial charge < -0.3 is 15.4 Å². The molecule has 3 rings (SSSR count). The zero-order valence-corrected chi connectivity index (χ0v) is 10.2. The quantitative estimate of drug-likeness (QED) is 0.767. The Kier molecular flexibility index (Phi) is 2.82. The minimum Gasteiger partial charge on any atom is -0.387 e. The molecule has 1 aromatic carbocycles. The van der Waals surface area contributed by atoms with Crippen LogP contribution < -0.4 is 5.32 Å². The molecule has 2 heterocycles. The predicted molar refractivity (Wildman–Crippen MR) is 69.3 cm³/mol. The summed E-state index contributed by atoms with van der Waals surface area (Å²) in [5, 5.41) is 15.3. The van der Waals surface area contributed by atoms with Crippen LogP contribution in [0.4, 0.5) is 0 Å². The molecule has 1 aliphatic heterocycles. The van der Waals surface area contributed by atoms with E-state index in [1.807, 2.05) is 24.4 Å². The maximum absolute atomic E-state index is 10.4. The normalized spacial score (nSPS) is 22.1. The van der Waals surface area contributed by atoms with Gasteiger partial charge in [0, 0.05) is 28.7 Å². The van der Waals surface area contributed by atoms with Crippen LogP contribution in [0.2, 0.25) is 5.02 Å². The van der Waals surface area contributed by atoms with Gasteiger partial charge in [-0.2, -0.15) is 0 Å². The lowest BCUT2D eigenvalue weighted by atomic mass is 10.0. The van der Waals surface area contributed by atoms with Gasteiger partial charge in [-0.25, -0.2) is 0 Å². The first-order chi connectivity index (χ1) is 8.27. The van der Waals surface area contributed by atoms with Gasteiger partial charge in [-0.3, -0.25) is 0 Å². The summed E-state index contributed by atoms with van der Waals surface area (Å²) in [4.78, 5) is 3.16. The molecule has 90 valence electrons. The molecule has 4 heteroatoms. The van der Waals surface area contributed by atoms with Crippen molar-refractivity contribution >= 4 is 22.5 Å². The molecule has 1 saturated heterocycles. The largest absolute Gasteiger partial charge is 0.387 e. The number of rotatable bonds is 2. The van der Waals surface area contributed by atoms with Crippen LogP contribution in [0.3, 0.4) is 0 Å². The first-order valence-electron chi connectivity index (χ1n) is 5.94. The highest BCUT2D eigenvalue weighted by Crippen LogP contribution is 2.33. The summed E-state index contributed by atoms with van der Waals surface area (Å²) >= 11 is 6.20. The van der Waals surface area contributed by atoms with Crippen LogP contribution in [0.25, 0.3) is 10.9 Å². The minimum absolute atomic E-state index is 0.144. The molecule has 0 radical (unpaired) electrons. The van der Waals surface area contributed by atoms with Gasteiger partial charge in [-0.15, -0.1) is 0 Å². The van der Waals surface area contributed by atoms with Gasteiger partial charge >= 0.3 is 0 Å². The third kappa shape index (κ3) is 1.84. The molecule has 1 aliphatic rings. The fraction of sp³-hybridized carbons (Fsp3) is 0.385. The topological polar surface area (TPSA) is 48.0 Å². The summed E-state index contributed by atoms with van der Waals surface area (Å²) in [6, 6.07) is 5.88. The second-order valence-corrected chi connectivity index (χ2v) is 4.96. The van der Waals surface area contributed by atoms with Gasteiger partial charge in [0.15, 0.2) is 0 Å². The molecule has 0 spiro atoms. The Hall–Kier alpha value is -1.03. The first kappa shape index (κ1) is 11.1. The van der Waals surface area contributed by atoms with Crippen LogP contribution in [-0.4, -0.2) is 22.7 Å². The zero-order chi connectivity index (χ0) is 11.8. The van der Waals surface area contributed by atoms with Crippen LogP contribution in [0, 0.1) is 0 Å². The smallest absolute Gasteiger partial charge is 0.0964 e. The number of aromatic amines is 1. The fourth-order valence-corrected chi connectivity index (χ4v) is 2.88. The molecule has 2 aromatic rings. The maximum atomic E-state index is 10.4. The van der Waals surface area contributed by atoms with Crippen molar-refractivity contribution in [2.75, 3.05) is 6.54 Å². The Morgan fingerprint density at radius 3 is 3.06 bits per heavy atom. The average Bonchev–Trinajstić information content (AvgIpc) is 2.98. The molecule has 1 fully saturated rings. The standard InChI is InChI=1S/C13H15ClN2O/c14-9-3-1-4-10-12(9)8(7-16-10)13(17)11-5-2-6-15-11/h1,3-4,7,11,13,15-17H,2,5-6H2. The number of fused-ring (bicyclic) bond motifs is 1. The van der Waals surface area contributed by atoms with Crippen LogP contribution in [-0.2, 0) is 0 Å². The Morgan fingerprint density at radius 2 is 2.29 bits per heavy atom. The van der Waals surface area contributed by atoms with Crippen molar-refractivity contribution in [3.63, 3.8) is 0 Å². The van der Waals surface area contributed by atoms with Crippen LogP contribution in [0.1, 0.15) is 24.5 Å². The molecule has 17 heavy (non-hydrogen) atoms. The van der Waals surface area contributed by atoms with Gasteiger partial charge in [-0.05, 0) is 31.5 Å². The highest BCUT2D eigenvalue weighted by Gasteiger charge is 2.26. The van der Waals surface area contributed by atoms with Crippen molar-refractivity contribution in [2.24, 2.45) is 0 Å². The average molecular weight is 251 g/mol. The number of aromatic nitrogens is 1. The fourth-order valence-electron chi connectivity index (χ4n) is 2.60. The Labute approximate surface area is 105 Å². The molecule has 2 atom stereocenters. The van der Waals surface area contributed by atoms with Gasteiger partial charge in [0.25, 0.3) is 0 Å². The third-order valence-electron chi connectivity index (χ3n) is 3.48. The highest BCUT2D eigenvalue weighted by atomic mass is 35.5. The van der Waals surface area contributed by atoms with Crippen molar-refractivity contribution in [1.29, 1.82) is 0 Å². The van der Waals surface area contributed by atoms with Gasteiger partial charge in [0.2, 0.25) is 0 Å². The SMILES string of the molecule is OC(c1c[nH]c2cccc(Cl)c12)C1CCCN1. The number of halogens is 1. The van der Waals surface area contributed by atoms with E-state index >= 15 is 0 Å². The lowest BCUT2D eigenvalue weighted by Crippen LogP contribution is -2.28. The summed E-state index contributed by atoms with van der Waals surface area (Å²) in [7, 11) is 0. The number of aliphatic hydroxyl groups is 1. The number of H-pyrrole nitrogens is 1. The summed E-state index contributed by atoms with van der Waals surface area (Å²) in [6.07, 6.45) is 3.50. The van der Waals surface area contributed by atoms with Crippen LogP contribution in [0.15, 0.2) is 24.4 Å². The first-order valence-corrected chi connectivity index (χ1v) is 6.32. The van der Waals surface area contributed by atoms with Crippen LogP contribution in [0.5, 0.6) is 0 Å². The third-order valence-corrected chi connectivity index (χ3v) is 3.80. The van der Waals surface area contributed by atoms with E-state index in [2.05, 4.69) is 10.3 Å². The molecule has 0 amide bonds. The zero-order valence-electron chi connectivity index (χ0n) is 9.41. The second-order valence-electron chi connectivity index (χ2n) is 4.55. The van der Waals surface area contributed by atoms with Crippen LogP contribution >= 0.6 is 11.6 Å². The van der Waals surface area contributed by atoms with Gasteiger partial charge in [0.05, 0.1) is 11.1 Å². The number of hydrogen-bond donors (Lipinski definition) is 3. The molecular weight excluding hydrogens is 236 g/mol. The minimum atomic E-state index is -0.494. The maximum Gasteiger partial charge on any atom is 0.0964 e. The number of aliphatic hydroxyl groups excluding tert-OH is 1. The van der Waals surface area contributed by atoms with E-state index in [0.717, 1.165) is 35.9 Å². The summed E-state index contributed by atoms with van der Waals surface area (Å²) in [5.74, 6) is 0. The van der Waals surface area contributed by atoms with E-state index < -0.39 is 6.10 Å². The van der Waals surface area contributed by atoms with Crippen molar-refractivity contribution in [3.8, 4) is 0 Å². The highest BCUT2D eigenvalue weighted by molar-refractivity contribution is 6.35. The molecule has 3 nitrogen and oxygen atoms in total. The summed E-state index contributed by atoms with van der Waals surface area (Å²) in [5.41, 5.74) is 1.87. The summed E-state index contributed by atoms with van der Waals surface area (Å²) in [6.45, 7) is 0.984. The van der Waals surface area contributed by atoms with Crippen molar-refractivity contribution in [1.82, 2.24) is 10.3 Å². The number of nitrogens with one attached hydrogen (secondary N) is 2. The second kappa shape index (κ2) is 4.33. The number of benzene rings is 1. The van der Waals surface area contributed by atoms with Gasteiger partial charge in [-0.1, -0.05) is 17.7 Å². The molecule has 2 unspecified atom stereocenters. The van der Waals surface area contributed by atoms with Crippen molar-refractivity contribution in [3.05, 3.63) is 35.0 Å². The summed E-state index contributed by atoms with van der Waals surface area (Å²) < 4.78 is 0. The van der Waals surface area contributed by atoms with Crippen molar-refractivity contribution in [2.45, 2.75) is 25.0 Å². The Bertz CT molecular complexity index is 531. The molecule has 0 saturated carbocycles.